The lowest BCUT2D eigenvalue weighted by Gasteiger charge is -2.36. The van der Waals surface area contributed by atoms with Crippen molar-refractivity contribution in [3.63, 3.8) is 0 Å². The molecule has 2 atom stereocenters. The third-order valence-electron chi connectivity index (χ3n) is 3.93. The minimum absolute atomic E-state index is 0.134. The number of hydrogen-bond acceptors (Lipinski definition) is 3. The summed E-state index contributed by atoms with van der Waals surface area (Å²) in [4.78, 5) is 0. The Morgan fingerprint density at radius 1 is 1.50 bits per heavy atom. The lowest BCUT2D eigenvalue weighted by atomic mass is 9.81. The van der Waals surface area contributed by atoms with Gasteiger partial charge in [-0.1, -0.05) is 19.1 Å². The molecule has 2 unspecified atom stereocenters. The second kappa shape index (κ2) is 6.76. The van der Waals surface area contributed by atoms with Crippen molar-refractivity contribution in [1.29, 1.82) is 5.26 Å². The molecule has 3 nitrogen and oxygen atoms in total. The fraction of sp³-hybridized carbons (Fsp3) is 0.588. The third-order valence-corrected chi connectivity index (χ3v) is 3.93. The molecule has 1 aromatic rings. The van der Waals surface area contributed by atoms with Crippen LogP contribution < -0.4 is 10.1 Å². The highest BCUT2D eigenvalue weighted by atomic mass is 16.5. The highest BCUT2D eigenvalue weighted by Crippen LogP contribution is 2.31. The number of aryl methyl sites for hydroxylation is 1. The average Bonchev–Trinajstić information content (AvgIpc) is 2.45. The highest BCUT2D eigenvalue weighted by Gasteiger charge is 2.37. The van der Waals surface area contributed by atoms with Crippen molar-refractivity contribution in [2.75, 3.05) is 6.54 Å². The predicted octanol–water partition coefficient (Wildman–Crippen LogP) is 3.58. The lowest BCUT2D eigenvalue weighted by molar-refractivity contribution is 0.112. The molecule has 20 heavy (non-hydrogen) atoms. The Bertz CT molecular complexity index is 480. The standard InChI is InChI=1S/C17H24N2O/c1-3-10-19-17(13-18)9-5-8-16(12-17)20-15-7-4-6-14(2)11-15/h4,6-7,11,16,19H,3,5,8-10,12H2,1-2H3. The molecule has 1 aromatic carbocycles. The van der Waals surface area contributed by atoms with E-state index in [2.05, 4.69) is 37.4 Å². The van der Waals surface area contributed by atoms with Crippen LogP contribution in [-0.4, -0.2) is 18.2 Å². The molecule has 1 aliphatic carbocycles. The van der Waals surface area contributed by atoms with E-state index in [0.29, 0.717) is 0 Å². The molecular weight excluding hydrogens is 248 g/mol. The van der Waals surface area contributed by atoms with Crippen LogP contribution >= 0.6 is 0 Å². The molecule has 1 fully saturated rings. The van der Waals surface area contributed by atoms with Crippen molar-refractivity contribution < 1.29 is 4.74 Å². The summed E-state index contributed by atoms with van der Waals surface area (Å²) in [5.41, 5.74) is 0.803. The molecule has 0 aromatic heterocycles. The van der Waals surface area contributed by atoms with E-state index in [1.165, 1.54) is 5.56 Å². The zero-order chi connectivity index (χ0) is 14.4. The van der Waals surface area contributed by atoms with Crippen LogP contribution in [0.3, 0.4) is 0 Å². The first kappa shape index (κ1) is 14.9. The zero-order valence-corrected chi connectivity index (χ0v) is 12.5. The maximum atomic E-state index is 9.53. The number of benzene rings is 1. The fourth-order valence-corrected chi connectivity index (χ4v) is 2.87. The highest BCUT2D eigenvalue weighted by molar-refractivity contribution is 5.28. The van der Waals surface area contributed by atoms with Crippen molar-refractivity contribution >= 4 is 0 Å². The summed E-state index contributed by atoms with van der Waals surface area (Å²) in [7, 11) is 0. The fourth-order valence-electron chi connectivity index (χ4n) is 2.87. The van der Waals surface area contributed by atoms with Gasteiger partial charge in [-0.3, -0.25) is 5.32 Å². The number of nitriles is 1. The average molecular weight is 272 g/mol. The first-order valence-corrected chi connectivity index (χ1v) is 7.57. The molecule has 3 heteroatoms. The molecule has 108 valence electrons. The maximum Gasteiger partial charge on any atom is 0.119 e. The van der Waals surface area contributed by atoms with Gasteiger partial charge in [0.05, 0.1) is 6.07 Å². The monoisotopic (exact) mass is 272 g/mol. The van der Waals surface area contributed by atoms with E-state index in [1.54, 1.807) is 0 Å². The smallest absolute Gasteiger partial charge is 0.119 e. The van der Waals surface area contributed by atoms with E-state index in [-0.39, 0.29) is 6.10 Å². The lowest BCUT2D eigenvalue weighted by Crippen LogP contribution is -2.50. The maximum absolute atomic E-state index is 9.53. The molecule has 2 rings (SSSR count). The summed E-state index contributed by atoms with van der Waals surface area (Å²) >= 11 is 0. The Morgan fingerprint density at radius 2 is 2.35 bits per heavy atom. The SMILES string of the molecule is CCCNC1(C#N)CCCC(Oc2cccc(C)c2)C1. The van der Waals surface area contributed by atoms with Gasteiger partial charge >= 0.3 is 0 Å². The van der Waals surface area contributed by atoms with Gasteiger partial charge in [0, 0.05) is 6.42 Å². The van der Waals surface area contributed by atoms with Crippen LogP contribution in [-0.2, 0) is 0 Å². The van der Waals surface area contributed by atoms with Crippen LogP contribution in [0.1, 0.15) is 44.6 Å². The number of hydrogen-bond donors (Lipinski definition) is 1. The van der Waals surface area contributed by atoms with Gasteiger partial charge in [-0.05, 0) is 56.8 Å². The van der Waals surface area contributed by atoms with Gasteiger partial charge < -0.3 is 4.74 Å². The summed E-state index contributed by atoms with van der Waals surface area (Å²) in [6, 6.07) is 10.6. The zero-order valence-electron chi connectivity index (χ0n) is 12.5. The second-order valence-electron chi connectivity index (χ2n) is 5.77. The molecule has 1 aliphatic rings. The van der Waals surface area contributed by atoms with E-state index < -0.39 is 5.54 Å². The first-order valence-electron chi connectivity index (χ1n) is 7.57. The molecule has 0 radical (unpaired) electrons. The summed E-state index contributed by atoms with van der Waals surface area (Å²) < 4.78 is 6.08. The molecule has 0 bridgehead atoms. The van der Waals surface area contributed by atoms with Crippen LogP contribution in [0.5, 0.6) is 5.75 Å². The van der Waals surface area contributed by atoms with Gasteiger partial charge in [0.25, 0.3) is 0 Å². The predicted molar refractivity (Wildman–Crippen MR) is 80.7 cm³/mol. The van der Waals surface area contributed by atoms with Crippen molar-refractivity contribution in [3.05, 3.63) is 29.8 Å². The van der Waals surface area contributed by atoms with E-state index >= 15 is 0 Å². The molecule has 0 amide bonds. The Hall–Kier alpha value is -1.53. The Kier molecular flexibility index (Phi) is 5.03. The quantitative estimate of drug-likeness (QED) is 0.891. The van der Waals surface area contributed by atoms with Gasteiger partial charge in [-0.15, -0.1) is 0 Å². The van der Waals surface area contributed by atoms with E-state index in [1.807, 2.05) is 12.1 Å². The van der Waals surface area contributed by atoms with Gasteiger partial charge in [0.1, 0.15) is 17.4 Å². The minimum Gasteiger partial charge on any atom is -0.490 e. The summed E-state index contributed by atoms with van der Waals surface area (Å²) in [6.07, 6.45) is 4.96. The molecule has 0 aliphatic heterocycles. The van der Waals surface area contributed by atoms with Crippen LogP contribution in [0.4, 0.5) is 0 Å². The van der Waals surface area contributed by atoms with Crippen LogP contribution in [0.2, 0.25) is 0 Å². The summed E-state index contributed by atoms with van der Waals surface area (Å²) in [6.45, 7) is 5.09. The van der Waals surface area contributed by atoms with Crippen LogP contribution in [0.25, 0.3) is 0 Å². The van der Waals surface area contributed by atoms with Crippen LogP contribution in [0, 0.1) is 18.3 Å². The number of nitrogens with zero attached hydrogens (tertiary/aromatic N) is 1. The molecule has 1 saturated carbocycles. The number of ether oxygens (including phenoxy) is 1. The summed E-state index contributed by atoms with van der Waals surface area (Å²) in [5.74, 6) is 0.916. The second-order valence-corrected chi connectivity index (χ2v) is 5.77. The first-order chi connectivity index (χ1) is 9.67. The van der Waals surface area contributed by atoms with E-state index in [0.717, 1.165) is 44.4 Å². The van der Waals surface area contributed by atoms with E-state index in [4.69, 9.17) is 4.74 Å². The normalized spacial score (nSPS) is 25.9. The molecule has 0 spiro atoms. The van der Waals surface area contributed by atoms with Gasteiger partial charge in [0.2, 0.25) is 0 Å². The minimum atomic E-state index is -0.400. The number of nitrogens with one attached hydrogen (secondary N) is 1. The van der Waals surface area contributed by atoms with Crippen molar-refractivity contribution in [3.8, 4) is 11.8 Å². The molecular formula is C17H24N2O. The molecule has 0 saturated heterocycles. The Morgan fingerprint density at radius 3 is 3.05 bits per heavy atom. The topological polar surface area (TPSA) is 45.0 Å². The molecule has 1 N–H and O–H groups in total. The largest absolute Gasteiger partial charge is 0.490 e. The van der Waals surface area contributed by atoms with Gasteiger partial charge in [-0.25, -0.2) is 0 Å². The number of rotatable bonds is 5. The summed E-state index contributed by atoms with van der Waals surface area (Å²) in [5, 5.41) is 12.9. The van der Waals surface area contributed by atoms with Crippen molar-refractivity contribution in [1.82, 2.24) is 5.32 Å². The van der Waals surface area contributed by atoms with Crippen LogP contribution in [0.15, 0.2) is 24.3 Å². The third kappa shape index (κ3) is 3.74. The Labute approximate surface area is 121 Å². The van der Waals surface area contributed by atoms with Gasteiger partial charge in [-0.2, -0.15) is 5.26 Å². The molecule has 0 heterocycles. The van der Waals surface area contributed by atoms with E-state index in [9.17, 15) is 5.26 Å². The van der Waals surface area contributed by atoms with Gasteiger partial charge in [0.15, 0.2) is 0 Å². The van der Waals surface area contributed by atoms with Crippen molar-refractivity contribution in [2.24, 2.45) is 0 Å². The van der Waals surface area contributed by atoms with Crippen molar-refractivity contribution in [2.45, 2.75) is 57.6 Å². The Balaban J connectivity index is 2.01.